The third-order valence-electron chi connectivity index (χ3n) is 2.16. The molecule has 0 saturated carbocycles. The van der Waals surface area contributed by atoms with Crippen molar-refractivity contribution in [1.29, 1.82) is 0 Å². The Morgan fingerprint density at radius 2 is 2.21 bits per heavy atom. The minimum Gasteiger partial charge on any atom is -0.380 e. The lowest BCUT2D eigenvalue weighted by Gasteiger charge is -2.25. The Labute approximate surface area is 85.6 Å². The van der Waals surface area contributed by atoms with E-state index in [4.69, 9.17) is 10.6 Å². The van der Waals surface area contributed by atoms with Crippen LogP contribution in [0.1, 0.15) is 20.3 Å². The highest BCUT2D eigenvalue weighted by Gasteiger charge is 2.19. The fourth-order valence-electron chi connectivity index (χ4n) is 1.30. The first kappa shape index (κ1) is 13.4. The van der Waals surface area contributed by atoms with Crippen LogP contribution in [0.25, 0.3) is 0 Å². The van der Waals surface area contributed by atoms with E-state index in [2.05, 4.69) is 5.43 Å². The van der Waals surface area contributed by atoms with Crippen LogP contribution < -0.4 is 11.3 Å². The number of hydrazine groups is 1. The number of carbonyl (C=O) groups is 1. The van der Waals surface area contributed by atoms with Gasteiger partial charge in [0, 0.05) is 13.2 Å². The summed E-state index contributed by atoms with van der Waals surface area (Å²) >= 11 is 0. The van der Waals surface area contributed by atoms with E-state index in [1.54, 1.807) is 0 Å². The molecule has 0 saturated heterocycles. The first-order valence-corrected chi connectivity index (χ1v) is 4.95. The van der Waals surface area contributed by atoms with Gasteiger partial charge in [0.05, 0.1) is 12.6 Å². The molecule has 5 heteroatoms. The maximum absolute atomic E-state index is 11.3. The second-order valence-corrected chi connectivity index (χ2v) is 3.11. The molecule has 0 aliphatic carbocycles. The number of hydrogen-bond acceptors (Lipinski definition) is 4. The maximum atomic E-state index is 11.3. The molecule has 0 spiro atoms. The number of rotatable bonds is 7. The molecule has 0 bridgehead atoms. The van der Waals surface area contributed by atoms with Gasteiger partial charge in [-0.3, -0.25) is 15.1 Å². The monoisotopic (exact) mass is 203 g/mol. The Balaban J connectivity index is 3.91. The van der Waals surface area contributed by atoms with Crippen molar-refractivity contribution in [3.8, 4) is 0 Å². The van der Waals surface area contributed by atoms with E-state index < -0.39 is 0 Å². The first-order valence-electron chi connectivity index (χ1n) is 4.95. The second kappa shape index (κ2) is 7.73. The third-order valence-corrected chi connectivity index (χ3v) is 2.16. The average Bonchev–Trinajstić information content (AvgIpc) is 2.19. The summed E-state index contributed by atoms with van der Waals surface area (Å²) in [5.74, 6) is 4.94. The Kier molecular flexibility index (Phi) is 7.37. The minimum absolute atomic E-state index is 0.147. The van der Waals surface area contributed by atoms with E-state index in [1.807, 2.05) is 25.8 Å². The van der Waals surface area contributed by atoms with E-state index in [-0.39, 0.29) is 11.9 Å². The third kappa shape index (κ3) is 4.55. The van der Waals surface area contributed by atoms with Gasteiger partial charge in [-0.1, -0.05) is 6.92 Å². The van der Waals surface area contributed by atoms with E-state index in [0.29, 0.717) is 13.2 Å². The van der Waals surface area contributed by atoms with Crippen LogP contribution in [-0.4, -0.2) is 43.7 Å². The second-order valence-electron chi connectivity index (χ2n) is 3.11. The van der Waals surface area contributed by atoms with Crippen molar-refractivity contribution in [2.75, 3.05) is 26.8 Å². The molecule has 1 unspecified atom stereocenters. The molecular weight excluding hydrogens is 182 g/mol. The van der Waals surface area contributed by atoms with Crippen molar-refractivity contribution in [3.05, 3.63) is 0 Å². The van der Waals surface area contributed by atoms with Gasteiger partial charge in [0.15, 0.2) is 0 Å². The molecule has 5 nitrogen and oxygen atoms in total. The summed E-state index contributed by atoms with van der Waals surface area (Å²) < 4.78 is 5.21. The number of hydrogen-bond donors (Lipinski definition) is 2. The molecule has 1 atom stereocenters. The molecule has 0 aromatic heterocycles. The molecule has 0 rings (SSSR count). The van der Waals surface area contributed by atoms with Crippen LogP contribution in [0.15, 0.2) is 0 Å². The highest BCUT2D eigenvalue weighted by Crippen LogP contribution is 2.00. The zero-order chi connectivity index (χ0) is 11.0. The standard InChI is InChI=1S/C9H21N3O2/c1-4-8(9(13)11-10)12(3)6-7-14-5-2/h8H,4-7,10H2,1-3H3,(H,11,13). The lowest BCUT2D eigenvalue weighted by atomic mass is 10.2. The smallest absolute Gasteiger partial charge is 0.251 e. The van der Waals surface area contributed by atoms with Crippen LogP contribution >= 0.6 is 0 Å². The van der Waals surface area contributed by atoms with Gasteiger partial charge in [0.2, 0.25) is 0 Å². The summed E-state index contributed by atoms with van der Waals surface area (Å²) in [7, 11) is 1.89. The van der Waals surface area contributed by atoms with Gasteiger partial charge >= 0.3 is 0 Å². The molecule has 0 radical (unpaired) electrons. The van der Waals surface area contributed by atoms with Crippen LogP contribution in [0.5, 0.6) is 0 Å². The van der Waals surface area contributed by atoms with Crippen LogP contribution in [0.3, 0.4) is 0 Å². The molecule has 0 aliphatic rings. The van der Waals surface area contributed by atoms with Crippen molar-refractivity contribution in [1.82, 2.24) is 10.3 Å². The van der Waals surface area contributed by atoms with Crippen molar-refractivity contribution in [2.45, 2.75) is 26.3 Å². The largest absolute Gasteiger partial charge is 0.380 e. The summed E-state index contributed by atoms with van der Waals surface area (Å²) in [4.78, 5) is 13.2. The minimum atomic E-state index is -0.166. The zero-order valence-corrected chi connectivity index (χ0v) is 9.25. The summed E-state index contributed by atoms with van der Waals surface area (Å²) in [5, 5.41) is 0. The Bertz CT molecular complexity index is 164. The first-order chi connectivity index (χ1) is 6.67. The predicted molar refractivity (Wildman–Crippen MR) is 55.5 cm³/mol. The number of nitrogens with zero attached hydrogens (tertiary/aromatic N) is 1. The van der Waals surface area contributed by atoms with Crippen molar-refractivity contribution < 1.29 is 9.53 Å². The number of nitrogens with two attached hydrogens (primary N) is 1. The molecule has 3 N–H and O–H groups in total. The van der Waals surface area contributed by atoms with E-state index in [9.17, 15) is 4.79 Å². The van der Waals surface area contributed by atoms with Gasteiger partial charge in [-0.15, -0.1) is 0 Å². The fourth-order valence-corrected chi connectivity index (χ4v) is 1.30. The molecule has 0 heterocycles. The van der Waals surface area contributed by atoms with Gasteiger partial charge in [-0.25, -0.2) is 5.84 Å². The summed E-state index contributed by atoms with van der Waals surface area (Å²) in [6.07, 6.45) is 0.742. The predicted octanol–water partition coefficient (Wildman–Crippen LogP) is -0.277. The highest BCUT2D eigenvalue weighted by atomic mass is 16.5. The Morgan fingerprint density at radius 3 is 2.64 bits per heavy atom. The summed E-state index contributed by atoms with van der Waals surface area (Å²) in [5.41, 5.74) is 2.17. The van der Waals surface area contributed by atoms with Crippen molar-refractivity contribution in [3.63, 3.8) is 0 Å². The number of likely N-dealkylation sites (N-methyl/N-ethyl adjacent to an activating group) is 1. The normalized spacial score (nSPS) is 12.9. The molecule has 0 aromatic rings. The Morgan fingerprint density at radius 1 is 1.57 bits per heavy atom. The molecule has 1 amide bonds. The van der Waals surface area contributed by atoms with Gasteiger partial charge in [0.25, 0.3) is 5.91 Å². The van der Waals surface area contributed by atoms with E-state index in [0.717, 1.165) is 13.0 Å². The Hall–Kier alpha value is -0.650. The van der Waals surface area contributed by atoms with Crippen LogP contribution in [0.2, 0.25) is 0 Å². The van der Waals surface area contributed by atoms with Crippen LogP contribution in [-0.2, 0) is 9.53 Å². The molecule has 0 aliphatic heterocycles. The summed E-state index contributed by atoms with van der Waals surface area (Å²) in [6, 6.07) is -0.166. The van der Waals surface area contributed by atoms with Crippen molar-refractivity contribution in [2.24, 2.45) is 5.84 Å². The van der Waals surface area contributed by atoms with E-state index in [1.165, 1.54) is 0 Å². The van der Waals surface area contributed by atoms with Gasteiger partial charge in [-0.05, 0) is 20.4 Å². The number of carbonyl (C=O) groups excluding carboxylic acids is 1. The number of nitrogens with one attached hydrogen (secondary N) is 1. The van der Waals surface area contributed by atoms with Crippen LogP contribution in [0.4, 0.5) is 0 Å². The molecule has 84 valence electrons. The molecule has 0 fully saturated rings. The SMILES string of the molecule is CCOCCN(C)C(CC)C(=O)NN. The van der Waals surface area contributed by atoms with Crippen LogP contribution in [0, 0.1) is 0 Å². The highest BCUT2D eigenvalue weighted by molar-refractivity contribution is 5.80. The van der Waals surface area contributed by atoms with Gasteiger partial charge in [-0.2, -0.15) is 0 Å². The maximum Gasteiger partial charge on any atom is 0.251 e. The lowest BCUT2D eigenvalue weighted by molar-refractivity contribution is -0.126. The average molecular weight is 203 g/mol. The number of ether oxygens (including phenoxy) is 1. The van der Waals surface area contributed by atoms with E-state index >= 15 is 0 Å². The lowest BCUT2D eigenvalue weighted by Crippen LogP contribution is -2.48. The fraction of sp³-hybridized carbons (Fsp3) is 0.889. The molecular formula is C9H21N3O2. The molecule has 14 heavy (non-hydrogen) atoms. The quantitative estimate of drug-likeness (QED) is 0.258. The topological polar surface area (TPSA) is 67.6 Å². The van der Waals surface area contributed by atoms with Crippen molar-refractivity contribution >= 4 is 5.91 Å². The summed E-state index contributed by atoms with van der Waals surface area (Å²) in [6.45, 7) is 5.98. The number of amides is 1. The zero-order valence-electron chi connectivity index (χ0n) is 9.25. The van der Waals surface area contributed by atoms with Gasteiger partial charge < -0.3 is 4.74 Å². The molecule has 0 aromatic carbocycles. The van der Waals surface area contributed by atoms with Gasteiger partial charge in [0.1, 0.15) is 0 Å².